The van der Waals surface area contributed by atoms with Gasteiger partial charge in [-0.25, -0.2) is 4.79 Å². The van der Waals surface area contributed by atoms with Gasteiger partial charge in [0.1, 0.15) is 5.54 Å². The summed E-state index contributed by atoms with van der Waals surface area (Å²) < 4.78 is 0. The number of hydrogen-bond acceptors (Lipinski definition) is 3. The van der Waals surface area contributed by atoms with Crippen LogP contribution in [-0.4, -0.2) is 42.1 Å². The molecular weight excluding hydrogens is 364 g/mol. The van der Waals surface area contributed by atoms with E-state index in [0.717, 1.165) is 11.4 Å². The van der Waals surface area contributed by atoms with Crippen LogP contribution in [0.5, 0.6) is 0 Å². The molecule has 0 unspecified atom stereocenters. The van der Waals surface area contributed by atoms with Crippen molar-refractivity contribution >= 4 is 23.3 Å². The molecule has 0 atom stereocenters. The molecule has 2 aliphatic rings. The molecule has 2 heterocycles. The van der Waals surface area contributed by atoms with E-state index in [-0.39, 0.29) is 11.9 Å². The molecule has 6 nitrogen and oxygen atoms in total. The molecule has 2 N–H and O–H groups in total. The minimum absolute atomic E-state index is 0.0608. The third kappa shape index (κ3) is 3.67. The summed E-state index contributed by atoms with van der Waals surface area (Å²) in [5.74, 6) is 0.522. The van der Waals surface area contributed by atoms with Crippen molar-refractivity contribution in [1.82, 2.24) is 10.2 Å². The zero-order chi connectivity index (χ0) is 20.4. The van der Waals surface area contributed by atoms with E-state index >= 15 is 0 Å². The van der Waals surface area contributed by atoms with Crippen molar-refractivity contribution in [3.63, 3.8) is 0 Å². The quantitative estimate of drug-likeness (QED) is 0.836. The van der Waals surface area contributed by atoms with Gasteiger partial charge in [-0.1, -0.05) is 44.2 Å². The Morgan fingerprint density at radius 2 is 1.69 bits per heavy atom. The first-order chi connectivity index (χ1) is 14.0. The van der Waals surface area contributed by atoms with Crippen molar-refractivity contribution in [2.75, 3.05) is 30.0 Å². The fraction of sp³-hybridized carbons (Fsp3) is 0.391. The summed E-state index contributed by atoms with van der Waals surface area (Å²) in [6, 6.07) is 17.9. The summed E-state index contributed by atoms with van der Waals surface area (Å²) in [5, 5.41) is 5.98. The van der Waals surface area contributed by atoms with Crippen LogP contribution in [-0.2, 0) is 4.79 Å². The van der Waals surface area contributed by atoms with Crippen molar-refractivity contribution in [2.24, 2.45) is 0 Å². The molecule has 2 aromatic carbocycles. The van der Waals surface area contributed by atoms with Crippen LogP contribution in [0.25, 0.3) is 0 Å². The average molecular weight is 393 g/mol. The van der Waals surface area contributed by atoms with Crippen LogP contribution in [0.15, 0.2) is 54.6 Å². The summed E-state index contributed by atoms with van der Waals surface area (Å²) in [6.45, 7) is 5.90. The highest BCUT2D eigenvalue weighted by atomic mass is 16.2. The molecule has 0 radical (unpaired) electrons. The van der Waals surface area contributed by atoms with Gasteiger partial charge in [-0.15, -0.1) is 0 Å². The molecule has 0 aromatic heterocycles. The molecule has 4 rings (SSSR count). The summed E-state index contributed by atoms with van der Waals surface area (Å²) >= 11 is 0. The number of anilines is 2. The molecule has 152 valence electrons. The van der Waals surface area contributed by atoms with Crippen molar-refractivity contribution in [1.29, 1.82) is 0 Å². The molecule has 3 amide bonds. The second kappa shape index (κ2) is 7.78. The lowest BCUT2D eigenvalue weighted by atomic mass is 9.85. The van der Waals surface area contributed by atoms with Gasteiger partial charge in [-0.05, 0) is 48.6 Å². The van der Waals surface area contributed by atoms with Crippen LogP contribution in [0, 0.1) is 0 Å². The number of urea groups is 1. The van der Waals surface area contributed by atoms with E-state index in [9.17, 15) is 9.59 Å². The Morgan fingerprint density at radius 1 is 1.03 bits per heavy atom. The van der Waals surface area contributed by atoms with Gasteiger partial charge < -0.3 is 20.4 Å². The smallest absolute Gasteiger partial charge is 0.321 e. The van der Waals surface area contributed by atoms with Gasteiger partial charge in [-0.3, -0.25) is 4.79 Å². The Kier molecular flexibility index (Phi) is 5.18. The molecule has 2 aliphatic heterocycles. The maximum absolute atomic E-state index is 12.7. The van der Waals surface area contributed by atoms with Crippen LogP contribution in [0.4, 0.5) is 16.2 Å². The minimum atomic E-state index is -0.572. The maximum atomic E-state index is 12.7. The highest BCUT2D eigenvalue weighted by Gasteiger charge is 2.50. The zero-order valence-corrected chi connectivity index (χ0v) is 17.0. The van der Waals surface area contributed by atoms with Crippen molar-refractivity contribution < 1.29 is 9.59 Å². The largest absolute Gasteiger partial charge is 0.339 e. The predicted octanol–water partition coefficient (Wildman–Crippen LogP) is 3.77. The highest BCUT2D eigenvalue weighted by molar-refractivity contribution is 5.94. The maximum Gasteiger partial charge on any atom is 0.321 e. The average Bonchev–Trinajstić information content (AvgIpc) is 3.05. The summed E-state index contributed by atoms with van der Waals surface area (Å²) in [7, 11) is 0. The van der Waals surface area contributed by atoms with Crippen molar-refractivity contribution in [3.8, 4) is 0 Å². The summed E-state index contributed by atoms with van der Waals surface area (Å²) in [6.07, 6.45) is 1.24. The number of nitrogens with zero attached hydrogens (tertiary/aromatic N) is 2. The van der Waals surface area contributed by atoms with E-state index in [1.54, 1.807) is 4.90 Å². The molecule has 0 saturated carbocycles. The summed E-state index contributed by atoms with van der Waals surface area (Å²) in [5.41, 5.74) is 2.51. The number of rotatable bonds is 3. The van der Waals surface area contributed by atoms with Gasteiger partial charge in [0.2, 0.25) is 5.91 Å². The lowest BCUT2D eigenvalue weighted by Crippen LogP contribution is -2.57. The number of hydrogen-bond donors (Lipinski definition) is 2. The Morgan fingerprint density at radius 3 is 2.31 bits per heavy atom. The van der Waals surface area contributed by atoms with Crippen LogP contribution >= 0.6 is 0 Å². The van der Waals surface area contributed by atoms with Crippen molar-refractivity contribution in [2.45, 2.75) is 38.1 Å². The van der Waals surface area contributed by atoms with E-state index in [2.05, 4.69) is 29.4 Å². The lowest BCUT2D eigenvalue weighted by Gasteiger charge is -2.43. The Hall–Kier alpha value is -3.02. The molecule has 1 spiro atoms. The Labute approximate surface area is 171 Å². The lowest BCUT2D eigenvalue weighted by molar-refractivity contribution is -0.124. The van der Waals surface area contributed by atoms with Crippen LogP contribution in [0.3, 0.4) is 0 Å². The second-order valence-corrected chi connectivity index (χ2v) is 8.15. The highest BCUT2D eigenvalue weighted by Crippen LogP contribution is 2.36. The second-order valence-electron chi connectivity index (χ2n) is 8.15. The van der Waals surface area contributed by atoms with Gasteiger partial charge >= 0.3 is 6.03 Å². The van der Waals surface area contributed by atoms with Gasteiger partial charge in [-0.2, -0.15) is 0 Å². The number of piperidine rings is 1. The first-order valence-electron chi connectivity index (χ1n) is 10.3. The molecule has 0 aliphatic carbocycles. The van der Waals surface area contributed by atoms with E-state index < -0.39 is 5.54 Å². The fourth-order valence-electron chi connectivity index (χ4n) is 4.27. The number of likely N-dealkylation sites (tertiary alicyclic amines) is 1. The molecule has 2 aromatic rings. The number of amides is 3. The van der Waals surface area contributed by atoms with E-state index in [0.29, 0.717) is 38.5 Å². The monoisotopic (exact) mass is 392 g/mol. The standard InChI is InChI=1S/C23H28N4O2/c1-17(2)18-8-10-19(11-9-18)25-22(29)26-14-12-23(13-15-26)21(28)24-16-27(23)20-6-4-3-5-7-20/h3-11,17H,12-16H2,1-2H3,(H,24,28)(H,25,29). The minimum Gasteiger partial charge on any atom is -0.339 e. The third-order valence-corrected chi connectivity index (χ3v) is 6.11. The molecule has 6 heteroatoms. The van der Waals surface area contributed by atoms with E-state index in [1.165, 1.54) is 5.56 Å². The third-order valence-electron chi connectivity index (χ3n) is 6.11. The number of carbonyl (C=O) groups excluding carboxylic acids is 2. The number of carbonyl (C=O) groups is 2. The molecule has 29 heavy (non-hydrogen) atoms. The normalized spacial score (nSPS) is 18.2. The van der Waals surface area contributed by atoms with Gasteiger partial charge in [0.25, 0.3) is 0 Å². The van der Waals surface area contributed by atoms with E-state index in [1.807, 2.05) is 54.6 Å². The molecule has 0 bridgehead atoms. The first kappa shape index (κ1) is 19.3. The van der Waals surface area contributed by atoms with Gasteiger partial charge in [0.05, 0.1) is 6.67 Å². The number of nitrogens with one attached hydrogen (secondary N) is 2. The zero-order valence-electron chi connectivity index (χ0n) is 17.0. The van der Waals surface area contributed by atoms with Crippen LogP contribution in [0.2, 0.25) is 0 Å². The topological polar surface area (TPSA) is 64.7 Å². The molecule has 2 fully saturated rings. The number of para-hydroxylation sites is 1. The molecule has 2 saturated heterocycles. The Bertz CT molecular complexity index is 872. The molecular formula is C23H28N4O2. The van der Waals surface area contributed by atoms with E-state index in [4.69, 9.17) is 0 Å². The number of benzene rings is 2. The Balaban J connectivity index is 1.41. The van der Waals surface area contributed by atoms with Crippen LogP contribution in [0.1, 0.15) is 38.2 Å². The van der Waals surface area contributed by atoms with Gasteiger partial charge in [0, 0.05) is 24.5 Å². The van der Waals surface area contributed by atoms with Gasteiger partial charge in [0.15, 0.2) is 0 Å². The fourth-order valence-corrected chi connectivity index (χ4v) is 4.27. The predicted molar refractivity (Wildman–Crippen MR) is 115 cm³/mol. The SMILES string of the molecule is CC(C)c1ccc(NC(=O)N2CCC3(CC2)C(=O)NCN3c2ccccc2)cc1. The first-order valence-corrected chi connectivity index (χ1v) is 10.3. The summed E-state index contributed by atoms with van der Waals surface area (Å²) in [4.78, 5) is 29.4. The van der Waals surface area contributed by atoms with Crippen LogP contribution < -0.4 is 15.5 Å². The van der Waals surface area contributed by atoms with Crippen molar-refractivity contribution in [3.05, 3.63) is 60.2 Å².